The van der Waals surface area contributed by atoms with Crippen LogP contribution < -0.4 is 9.05 Å². The minimum absolute atomic E-state index is 0.0423. The summed E-state index contributed by atoms with van der Waals surface area (Å²) >= 11 is 0. The Balaban J connectivity index is 1.12. The first-order chi connectivity index (χ1) is 18.8. The zero-order chi connectivity index (χ0) is 27.1. The number of benzene rings is 2. The second-order valence-corrected chi connectivity index (χ2v) is 13.2. The van der Waals surface area contributed by atoms with E-state index in [1.54, 1.807) is 24.3 Å². The number of para-hydroxylation sites is 2. The summed E-state index contributed by atoms with van der Waals surface area (Å²) in [6.45, 7) is 6.70. The molecule has 2 aromatic rings. The van der Waals surface area contributed by atoms with E-state index >= 15 is 0 Å². The molecule has 1 spiro atoms. The minimum Gasteiger partial charge on any atom is -0.395 e. The monoisotopic (exact) mass is 558 g/mol. The van der Waals surface area contributed by atoms with Gasteiger partial charge in [0.1, 0.15) is 11.5 Å². The highest BCUT2D eigenvalue weighted by atomic mass is 31.2. The first kappa shape index (κ1) is 27.3. The van der Waals surface area contributed by atoms with Gasteiger partial charge in [0.25, 0.3) is 0 Å². The van der Waals surface area contributed by atoms with Crippen molar-refractivity contribution in [1.29, 1.82) is 0 Å². The molecule has 8 nitrogen and oxygen atoms in total. The number of phosphoric ester groups is 1. The molecule has 0 aromatic heterocycles. The van der Waals surface area contributed by atoms with Crippen molar-refractivity contribution in [1.82, 2.24) is 0 Å². The van der Waals surface area contributed by atoms with Gasteiger partial charge in [0, 0.05) is 12.3 Å². The van der Waals surface area contributed by atoms with Gasteiger partial charge in [0.2, 0.25) is 5.79 Å². The molecule has 0 N–H and O–H groups in total. The average Bonchev–Trinajstić information content (AvgIpc) is 3.16. The molecule has 4 saturated heterocycles. The van der Waals surface area contributed by atoms with Crippen molar-refractivity contribution < 1.29 is 37.4 Å². The molecular formula is C30H39O8P. The Morgan fingerprint density at radius 3 is 2.23 bits per heavy atom. The summed E-state index contributed by atoms with van der Waals surface area (Å²) < 4.78 is 44.1. The zero-order valence-electron chi connectivity index (χ0n) is 22.9. The lowest BCUT2D eigenvalue weighted by Gasteiger charge is -2.60. The van der Waals surface area contributed by atoms with E-state index in [-0.39, 0.29) is 24.5 Å². The van der Waals surface area contributed by atoms with Gasteiger partial charge in [-0.3, -0.25) is 4.52 Å². The number of fused-ring (bicyclic) bond motifs is 2. The Labute approximate surface area is 230 Å². The number of phosphoric acid groups is 1. The number of rotatable bonds is 9. The molecule has 7 rings (SSSR count). The van der Waals surface area contributed by atoms with E-state index in [0.717, 1.165) is 25.7 Å². The molecule has 2 bridgehead atoms. The fourth-order valence-corrected chi connectivity index (χ4v) is 8.32. The average molecular weight is 559 g/mol. The van der Waals surface area contributed by atoms with Crippen molar-refractivity contribution in [3.05, 3.63) is 60.7 Å². The molecule has 9 heteroatoms. The van der Waals surface area contributed by atoms with Gasteiger partial charge < -0.3 is 18.5 Å². The zero-order valence-corrected chi connectivity index (χ0v) is 23.8. The van der Waals surface area contributed by atoms with E-state index in [2.05, 4.69) is 13.8 Å². The lowest BCUT2D eigenvalue weighted by Crippen LogP contribution is -2.70. The molecule has 1 saturated carbocycles. The molecule has 1 aliphatic carbocycles. The molecule has 212 valence electrons. The Kier molecular flexibility index (Phi) is 7.55. The van der Waals surface area contributed by atoms with E-state index in [9.17, 15) is 4.57 Å². The van der Waals surface area contributed by atoms with E-state index in [0.29, 0.717) is 29.8 Å². The lowest BCUT2D eigenvalue weighted by molar-refractivity contribution is -0.571. The Morgan fingerprint density at radius 2 is 1.56 bits per heavy atom. The second-order valence-electron chi connectivity index (χ2n) is 11.7. The van der Waals surface area contributed by atoms with Crippen molar-refractivity contribution in [3.8, 4) is 11.5 Å². The van der Waals surface area contributed by atoms with E-state index in [1.807, 2.05) is 43.3 Å². The van der Waals surface area contributed by atoms with Crippen LogP contribution in [0.15, 0.2) is 60.7 Å². The first-order valence-corrected chi connectivity index (χ1v) is 15.7. The smallest absolute Gasteiger partial charge is 0.395 e. The quantitative estimate of drug-likeness (QED) is 0.180. The van der Waals surface area contributed by atoms with Crippen LogP contribution in [0.2, 0.25) is 0 Å². The summed E-state index contributed by atoms with van der Waals surface area (Å²) in [5, 5.41) is 0. The molecule has 8 atom stereocenters. The van der Waals surface area contributed by atoms with Crippen LogP contribution in [-0.4, -0.2) is 30.4 Å². The third kappa shape index (κ3) is 5.28. The SMILES string of the molecule is C[C@H]1[C@@H](CCCOP(=O)(Oc2ccccc2)Oc2ccccc2)O[C@@H]2O[C@@]3(C)CC[C@H]4[C@H](C)CC[C@@H]1[C@@]24OO3. The van der Waals surface area contributed by atoms with Gasteiger partial charge in [0.15, 0.2) is 11.9 Å². The third-order valence-corrected chi connectivity index (χ3v) is 10.5. The van der Waals surface area contributed by atoms with Gasteiger partial charge in [-0.2, -0.15) is 0 Å². The molecule has 2 aromatic carbocycles. The van der Waals surface area contributed by atoms with Crippen LogP contribution in [-0.2, 0) is 28.3 Å². The molecule has 4 heterocycles. The molecular weight excluding hydrogens is 519 g/mol. The van der Waals surface area contributed by atoms with E-state index in [1.165, 1.54) is 6.42 Å². The van der Waals surface area contributed by atoms with Gasteiger partial charge in [-0.15, -0.1) is 0 Å². The lowest BCUT2D eigenvalue weighted by atomic mass is 9.57. The normalized spacial score (nSPS) is 37.5. The molecule has 4 aliphatic heterocycles. The molecule has 5 fully saturated rings. The van der Waals surface area contributed by atoms with Gasteiger partial charge in [-0.25, -0.2) is 14.3 Å². The molecule has 0 radical (unpaired) electrons. The van der Waals surface area contributed by atoms with Crippen molar-refractivity contribution in [3.63, 3.8) is 0 Å². The minimum atomic E-state index is -3.92. The first-order valence-electron chi connectivity index (χ1n) is 14.2. The Bertz CT molecular complexity index is 1120. The van der Waals surface area contributed by atoms with Crippen LogP contribution in [0.5, 0.6) is 11.5 Å². The summed E-state index contributed by atoms with van der Waals surface area (Å²) in [7, 11) is -3.92. The summed E-state index contributed by atoms with van der Waals surface area (Å²) in [5.74, 6) is 1.45. The van der Waals surface area contributed by atoms with Crippen LogP contribution in [0.1, 0.15) is 59.3 Å². The summed E-state index contributed by atoms with van der Waals surface area (Å²) in [4.78, 5) is 12.2. The fraction of sp³-hybridized carbons (Fsp3) is 0.600. The van der Waals surface area contributed by atoms with Crippen molar-refractivity contribution in [2.75, 3.05) is 6.61 Å². The fourth-order valence-electron chi connectivity index (χ4n) is 7.06. The van der Waals surface area contributed by atoms with E-state index in [4.69, 9.17) is 32.8 Å². The van der Waals surface area contributed by atoms with Crippen LogP contribution in [0.3, 0.4) is 0 Å². The highest BCUT2D eigenvalue weighted by Gasteiger charge is 2.69. The Hall–Kier alpha value is -1.93. The maximum absolute atomic E-state index is 13.6. The van der Waals surface area contributed by atoms with Crippen molar-refractivity contribution in [2.45, 2.75) is 83.1 Å². The maximum atomic E-state index is 13.6. The van der Waals surface area contributed by atoms with Gasteiger partial charge in [-0.05, 0) is 81.0 Å². The number of hydrogen-bond donors (Lipinski definition) is 0. The maximum Gasteiger partial charge on any atom is 0.587 e. The van der Waals surface area contributed by atoms with Crippen LogP contribution in [0, 0.1) is 23.7 Å². The van der Waals surface area contributed by atoms with Crippen LogP contribution in [0.25, 0.3) is 0 Å². The summed E-state index contributed by atoms with van der Waals surface area (Å²) in [6, 6.07) is 17.9. The van der Waals surface area contributed by atoms with E-state index < -0.39 is 25.5 Å². The number of ether oxygens (including phenoxy) is 2. The standard InChI is InChI=1S/C30H39O8P/c1-21-16-17-26-22(2)27(33-28-30(26)25(21)18-19-29(3,34-28)37-38-30)15-10-20-32-39(31,35-23-11-6-4-7-12-23)36-24-13-8-5-9-14-24/h4-9,11-14,21-22,25-28H,10,15-20H2,1-3H3/t21-,22-,25+,26+,27-,28-,29-,30-/m1/s1. The number of hydrogen-bond acceptors (Lipinski definition) is 8. The Morgan fingerprint density at radius 1 is 0.897 bits per heavy atom. The molecule has 39 heavy (non-hydrogen) atoms. The third-order valence-electron chi connectivity index (χ3n) is 9.10. The predicted octanol–water partition coefficient (Wildman–Crippen LogP) is 7.30. The largest absolute Gasteiger partial charge is 0.587 e. The molecule has 0 amide bonds. The predicted molar refractivity (Wildman–Crippen MR) is 144 cm³/mol. The van der Waals surface area contributed by atoms with Gasteiger partial charge >= 0.3 is 7.82 Å². The van der Waals surface area contributed by atoms with Crippen molar-refractivity contribution >= 4 is 7.82 Å². The van der Waals surface area contributed by atoms with Crippen molar-refractivity contribution in [2.24, 2.45) is 23.7 Å². The van der Waals surface area contributed by atoms with Crippen LogP contribution in [0.4, 0.5) is 0 Å². The summed E-state index contributed by atoms with van der Waals surface area (Å²) in [6.07, 6.45) is 4.87. The highest BCUT2D eigenvalue weighted by Crippen LogP contribution is 2.61. The van der Waals surface area contributed by atoms with Gasteiger partial charge in [0.05, 0.1) is 12.7 Å². The second kappa shape index (κ2) is 10.8. The van der Waals surface area contributed by atoms with Crippen LogP contribution >= 0.6 is 7.82 Å². The molecule has 0 unspecified atom stereocenters. The topological polar surface area (TPSA) is 81.7 Å². The molecule has 5 aliphatic rings. The summed E-state index contributed by atoms with van der Waals surface area (Å²) in [5.41, 5.74) is -0.567. The highest BCUT2D eigenvalue weighted by molar-refractivity contribution is 7.49. The van der Waals surface area contributed by atoms with Gasteiger partial charge in [-0.1, -0.05) is 50.2 Å².